The Hall–Kier alpha value is -1.44. The zero-order chi connectivity index (χ0) is 15.5. The number of nitrogens with one attached hydrogen (secondary N) is 2. The Kier molecular flexibility index (Phi) is 4.97. The maximum absolute atomic E-state index is 13.1. The SMILES string of the molecule is CCNCc1cc(S(=O)(=O)Nc2cccc(F)c2)c(C)s1. The fourth-order valence-corrected chi connectivity index (χ4v) is 4.54. The molecule has 0 unspecified atom stereocenters. The highest BCUT2D eigenvalue weighted by Crippen LogP contribution is 2.27. The third-order valence-electron chi connectivity index (χ3n) is 2.84. The molecular formula is C14H17FN2O2S2. The molecule has 7 heteroatoms. The lowest BCUT2D eigenvalue weighted by Crippen LogP contribution is -2.13. The number of hydrogen-bond acceptors (Lipinski definition) is 4. The van der Waals surface area contributed by atoms with Gasteiger partial charge in [0.25, 0.3) is 10.0 Å². The Bertz CT molecular complexity index is 726. The van der Waals surface area contributed by atoms with Gasteiger partial charge >= 0.3 is 0 Å². The van der Waals surface area contributed by atoms with Crippen LogP contribution in [0.4, 0.5) is 10.1 Å². The Morgan fingerprint density at radius 2 is 2.05 bits per heavy atom. The molecule has 2 N–H and O–H groups in total. The second-order valence-corrected chi connectivity index (χ2v) is 7.52. The fraction of sp³-hybridized carbons (Fsp3) is 0.286. The summed E-state index contributed by atoms with van der Waals surface area (Å²) in [5, 5.41) is 3.16. The summed E-state index contributed by atoms with van der Waals surface area (Å²) in [7, 11) is -3.70. The number of halogens is 1. The number of rotatable bonds is 6. The summed E-state index contributed by atoms with van der Waals surface area (Å²) < 4.78 is 40.3. The molecule has 0 aliphatic heterocycles. The number of anilines is 1. The lowest BCUT2D eigenvalue weighted by molar-refractivity contribution is 0.601. The third kappa shape index (κ3) is 4.03. The zero-order valence-corrected chi connectivity index (χ0v) is 13.4. The van der Waals surface area contributed by atoms with Crippen molar-refractivity contribution in [3.05, 3.63) is 45.9 Å². The molecule has 0 aliphatic carbocycles. The molecule has 0 atom stereocenters. The number of aryl methyl sites for hydroxylation is 1. The normalized spacial score (nSPS) is 11.6. The molecule has 0 spiro atoms. The van der Waals surface area contributed by atoms with E-state index in [1.165, 1.54) is 29.5 Å². The first-order valence-corrected chi connectivity index (χ1v) is 8.80. The first kappa shape index (κ1) is 15.9. The van der Waals surface area contributed by atoms with Gasteiger partial charge in [-0.1, -0.05) is 13.0 Å². The molecule has 0 radical (unpaired) electrons. The molecule has 2 rings (SSSR count). The lowest BCUT2D eigenvalue weighted by atomic mass is 10.3. The summed E-state index contributed by atoms with van der Waals surface area (Å²) in [5.41, 5.74) is 0.217. The molecule has 0 fully saturated rings. The van der Waals surface area contributed by atoms with Gasteiger partial charge in [-0.15, -0.1) is 11.3 Å². The Balaban J connectivity index is 2.25. The van der Waals surface area contributed by atoms with Crippen LogP contribution in [0.5, 0.6) is 0 Å². The van der Waals surface area contributed by atoms with Crippen LogP contribution in [0.1, 0.15) is 16.7 Å². The lowest BCUT2D eigenvalue weighted by Gasteiger charge is -2.07. The molecule has 1 aromatic carbocycles. The van der Waals surface area contributed by atoms with Crippen molar-refractivity contribution in [1.29, 1.82) is 0 Å². The third-order valence-corrected chi connectivity index (χ3v) is 5.53. The van der Waals surface area contributed by atoms with E-state index in [-0.39, 0.29) is 10.6 Å². The topological polar surface area (TPSA) is 58.2 Å². The van der Waals surface area contributed by atoms with Crippen LogP contribution < -0.4 is 10.0 Å². The zero-order valence-electron chi connectivity index (χ0n) is 11.8. The minimum Gasteiger partial charge on any atom is -0.312 e. The number of thiophene rings is 1. The maximum Gasteiger partial charge on any atom is 0.263 e. The van der Waals surface area contributed by atoms with Gasteiger partial charge in [0.15, 0.2) is 0 Å². The predicted octanol–water partition coefficient (Wildman–Crippen LogP) is 3.11. The van der Waals surface area contributed by atoms with Crippen LogP contribution >= 0.6 is 11.3 Å². The fourth-order valence-electron chi connectivity index (χ4n) is 1.89. The molecule has 0 bridgehead atoms. The van der Waals surface area contributed by atoms with Crippen molar-refractivity contribution in [1.82, 2.24) is 5.32 Å². The van der Waals surface area contributed by atoms with E-state index in [0.29, 0.717) is 11.4 Å². The summed E-state index contributed by atoms with van der Waals surface area (Å²) in [6, 6.07) is 7.05. The molecule has 0 aliphatic rings. The van der Waals surface area contributed by atoms with Gasteiger partial charge < -0.3 is 5.32 Å². The van der Waals surface area contributed by atoms with Crippen LogP contribution in [0.25, 0.3) is 0 Å². The largest absolute Gasteiger partial charge is 0.312 e. The molecule has 1 aromatic heterocycles. The van der Waals surface area contributed by atoms with Crippen LogP contribution in [0.2, 0.25) is 0 Å². The molecular weight excluding hydrogens is 311 g/mol. The second-order valence-electron chi connectivity index (χ2n) is 4.53. The standard InChI is InChI=1S/C14H17FN2O2S2/c1-3-16-9-13-8-14(10(2)20-13)21(18,19)17-12-6-4-5-11(15)7-12/h4-8,16-17H,3,9H2,1-2H3. The molecule has 0 saturated heterocycles. The van der Waals surface area contributed by atoms with Gasteiger partial charge in [0, 0.05) is 16.3 Å². The quantitative estimate of drug-likeness (QED) is 0.856. The van der Waals surface area contributed by atoms with Crippen molar-refractivity contribution in [2.75, 3.05) is 11.3 Å². The smallest absolute Gasteiger partial charge is 0.263 e. The van der Waals surface area contributed by atoms with E-state index < -0.39 is 15.8 Å². The van der Waals surface area contributed by atoms with Crippen LogP contribution in [0.15, 0.2) is 35.2 Å². The Morgan fingerprint density at radius 3 is 2.71 bits per heavy atom. The van der Waals surface area contributed by atoms with Gasteiger partial charge in [-0.2, -0.15) is 0 Å². The summed E-state index contributed by atoms with van der Waals surface area (Å²) >= 11 is 1.44. The van der Waals surface area contributed by atoms with E-state index >= 15 is 0 Å². The molecule has 2 aromatic rings. The van der Waals surface area contributed by atoms with Gasteiger partial charge in [-0.25, -0.2) is 12.8 Å². The van der Waals surface area contributed by atoms with Crippen LogP contribution in [-0.4, -0.2) is 15.0 Å². The second kappa shape index (κ2) is 6.55. The van der Waals surface area contributed by atoms with Gasteiger partial charge in [-0.05, 0) is 37.7 Å². The monoisotopic (exact) mass is 328 g/mol. The van der Waals surface area contributed by atoms with E-state index in [1.807, 2.05) is 6.92 Å². The maximum atomic E-state index is 13.1. The number of benzene rings is 1. The minimum atomic E-state index is -3.70. The van der Waals surface area contributed by atoms with Crippen molar-refractivity contribution in [2.45, 2.75) is 25.3 Å². The Morgan fingerprint density at radius 1 is 1.29 bits per heavy atom. The highest BCUT2D eigenvalue weighted by Gasteiger charge is 2.20. The molecule has 21 heavy (non-hydrogen) atoms. The van der Waals surface area contributed by atoms with E-state index in [2.05, 4.69) is 10.0 Å². The van der Waals surface area contributed by atoms with Gasteiger partial charge in [0.2, 0.25) is 0 Å². The van der Waals surface area contributed by atoms with E-state index in [9.17, 15) is 12.8 Å². The summed E-state index contributed by atoms with van der Waals surface area (Å²) in [6.07, 6.45) is 0. The highest BCUT2D eigenvalue weighted by molar-refractivity contribution is 7.93. The predicted molar refractivity (Wildman–Crippen MR) is 83.6 cm³/mol. The first-order valence-electron chi connectivity index (χ1n) is 6.51. The van der Waals surface area contributed by atoms with Crippen LogP contribution in [-0.2, 0) is 16.6 Å². The molecule has 0 saturated carbocycles. The van der Waals surface area contributed by atoms with E-state index in [1.54, 1.807) is 13.0 Å². The molecule has 1 heterocycles. The summed E-state index contributed by atoms with van der Waals surface area (Å²) in [5.74, 6) is -0.481. The van der Waals surface area contributed by atoms with E-state index in [4.69, 9.17) is 0 Å². The summed E-state index contributed by atoms with van der Waals surface area (Å²) in [6.45, 7) is 5.21. The van der Waals surface area contributed by atoms with Crippen molar-refractivity contribution >= 4 is 27.0 Å². The van der Waals surface area contributed by atoms with Gasteiger partial charge in [0.1, 0.15) is 10.7 Å². The van der Waals surface area contributed by atoms with Crippen molar-refractivity contribution in [3.8, 4) is 0 Å². The molecule has 114 valence electrons. The first-order chi connectivity index (χ1) is 9.92. The average Bonchev–Trinajstić information content (AvgIpc) is 2.78. The Labute approximate surface area is 128 Å². The molecule has 0 amide bonds. The van der Waals surface area contributed by atoms with Crippen molar-refractivity contribution in [2.24, 2.45) is 0 Å². The number of hydrogen-bond donors (Lipinski definition) is 2. The number of sulfonamides is 1. The average molecular weight is 328 g/mol. The van der Waals surface area contributed by atoms with Gasteiger partial charge in [-0.3, -0.25) is 4.72 Å². The summed E-state index contributed by atoms with van der Waals surface area (Å²) in [4.78, 5) is 1.91. The molecule has 4 nitrogen and oxygen atoms in total. The van der Waals surface area contributed by atoms with E-state index in [0.717, 1.165) is 17.5 Å². The van der Waals surface area contributed by atoms with Gasteiger partial charge in [0.05, 0.1) is 5.69 Å². The minimum absolute atomic E-state index is 0.217. The van der Waals surface area contributed by atoms with Crippen molar-refractivity contribution < 1.29 is 12.8 Å². The van der Waals surface area contributed by atoms with Crippen molar-refractivity contribution in [3.63, 3.8) is 0 Å². The van der Waals surface area contributed by atoms with Crippen LogP contribution in [0, 0.1) is 12.7 Å². The highest BCUT2D eigenvalue weighted by atomic mass is 32.2. The van der Waals surface area contributed by atoms with Crippen LogP contribution in [0.3, 0.4) is 0 Å².